The molecule has 1 aromatic heterocycles. The molecule has 0 spiro atoms. The fourth-order valence-corrected chi connectivity index (χ4v) is 4.21. The van der Waals surface area contributed by atoms with E-state index in [1.807, 2.05) is 6.07 Å². The maximum absolute atomic E-state index is 6.01. The molecule has 4 rings (SSSR count). The highest BCUT2D eigenvalue weighted by atomic mass is 16.5. The highest BCUT2D eigenvalue weighted by Gasteiger charge is 2.26. The van der Waals surface area contributed by atoms with E-state index >= 15 is 0 Å². The number of nitrogen functional groups attached to an aromatic ring is 1. The smallest absolute Gasteiger partial charge is 0.222 e. The van der Waals surface area contributed by atoms with Gasteiger partial charge in [0.2, 0.25) is 5.95 Å². The molecule has 0 atom stereocenters. The number of nitrogens with zero attached hydrogens (tertiary/aromatic N) is 3. The van der Waals surface area contributed by atoms with Crippen LogP contribution in [0.4, 0.5) is 11.8 Å². The number of benzene rings is 1. The van der Waals surface area contributed by atoms with Crippen LogP contribution < -0.4 is 20.7 Å². The van der Waals surface area contributed by atoms with Gasteiger partial charge in [-0.3, -0.25) is 0 Å². The Morgan fingerprint density at radius 2 is 1.88 bits per heavy atom. The molecule has 3 heterocycles. The summed E-state index contributed by atoms with van der Waals surface area (Å²) < 4.78 is 5.56. The first-order valence-corrected chi connectivity index (χ1v) is 9.50. The van der Waals surface area contributed by atoms with E-state index in [4.69, 9.17) is 10.5 Å². The molecule has 6 heteroatoms. The van der Waals surface area contributed by atoms with Crippen molar-refractivity contribution in [2.75, 3.05) is 43.9 Å². The highest BCUT2D eigenvalue weighted by molar-refractivity contribution is 5.53. The molecule has 138 valence electrons. The predicted molar refractivity (Wildman–Crippen MR) is 104 cm³/mol. The van der Waals surface area contributed by atoms with Gasteiger partial charge in [0.15, 0.2) is 0 Å². The van der Waals surface area contributed by atoms with Crippen LogP contribution >= 0.6 is 0 Å². The van der Waals surface area contributed by atoms with Crippen LogP contribution in [0.25, 0.3) is 0 Å². The summed E-state index contributed by atoms with van der Waals surface area (Å²) in [7, 11) is 1.75. The van der Waals surface area contributed by atoms with Crippen molar-refractivity contribution >= 4 is 11.8 Å². The monoisotopic (exact) mass is 353 g/mol. The number of ether oxygens (including phenoxy) is 1. The van der Waals surface area contributed by atoms with E-state index in [1.165, 1.54) is 11.1 Å². The third-order valence-corrected chi connectivity index (χ3v) is 5.55. The molecule has 1 saturated heterocycles. The second-order valence-electron chi connectivity index (χ2n) is 7.08. The third kappa shape index (κ3) is 3.33. The zero-order valence-electron chi connectivity index (χ0n) is 15.4. The summed E-state index contributed by atoms with van der Waals surface area (Å²) in [5.74, 6) is 2.97. The van der Waals surface area contributed by atoms with Gasteiger partial charge in [-0.15, -0.1) is 0 Å². The standard InChI is InChI=1S/C20H27N5O/c1-26-18-5-3-2-4-15(18)14-8-12-25(13-9-14)19-16-6-10-22-11-7-17(16)23-20(21)24-19/h2-5,14,22H,6-13H2,1H3,(H2,21,23,24). The molecule has 0 aliphatic carbocycles. The Bertz CT molecular complexity index is 771. The highest BCUT2D eigenvalue weighted by Crippen LogP contribution is 2.36. The first-order valence-electron chi connectivity index (χ1n) is 9.50. The van der Waals surface area contributed by atoms with Crippen molar-refractivity contribution < 1.29 is 4.74 Å². The molecule has 3 N–H and O–H groups in total. The second-order valence-corrected chi connectivity index (χ2v) is 7.08. The van der Waals surface area contributed by atoms with Gasteiger partial charge in [0.1, 0.15) is 11.6 Å². The van der Waals surface area contributed by atoms with E-state index in [0.717, 1.165) is 69.1 Å². The topological polar surface area (TPSA) is 76.3 Å². The number of nitrogens with two attached hydrogens (primary N) is 1. The second kappa shape index (κ2) is 7.50. The minimum atomic E-state index is 0.396. The molecule has 0 saturated carbocycles. The number of rotatable bonds is 3. The van der Waals surface area contributed by atoms with Crippen molar-refractivity contribution in [2.45, 2.75) is 31.6 Å². The quantitative estimate of drug-likeness (QED) is 0.880. The van der Waals surface area contributed by atoms with Gasteiger partial charge in [-0.1, -0.05) is 18.2 Å². The fourth-order valence-electron chi connectivity index (χ4n) is 4.21. The zero-order chi connectivity index (χ0) is 17.9. The molecule has 26 heavy (non-hydrogen) atoms. The maximum Gasteiger partial charge on any atom is 0.222 e. The lowest BCUT2D eigenvalue weighted by Crippen LogP contribution is -2.35. The number of piperidine rings is 1. The average Bonchev–Trinajstić information content (AvgIpc) is 2.93. The molecule has 2 aromatic rings. The molecular formula is C20H27N5O. The van der Waals surface area contributed by atoms with Gasteiger partial charge < -0.3 is 20.7 Å². The Balaban J connectivity index is 1.54. The van der Waals surface area contributed by atoms with E-state index in [1.54, 1.807) is 7.11 Å². The van der Waals surface area contributed by atoms with Gasteiger partial charge in [-0.25, -0.2) is 4.98 Å². The minimum absolute atomic E-state index is 0.396. The van der Waals surface area contributed by atoms with Gasteiger partial charge >= 0.3 is 0 Å². The molecular weight excluding hydrogens is 326 g/mol. The van der Waals surface area contributed by atoms with Crippen molar-refractivity contribution in [1.82, 2.24) is 15.3 Å². The average molecular weight is 353 g/mol. The predicted octanol–water partition coefficient (Wildman–Crippen LogP) is 2.14. The lowest BCUT2D eigenvalue weighted by atomic mass is 9.88. The number of fused-ring (bicyclic) bond motifs is 1. The minimum Gasteiger partial charge on any atom is -0.496 e. The van der Waals surface area contributed by atoms with Gasteiger partial charge in [-0.05, 0) is 43.4 Å². The van der Waals surface area contributed by atoms with Crippen LogP contribution in [0.1, 0.15) is 35.6 Å². The molecule has 1 aromatic carbocycles. The van der Waals surface area contributed by atoms with Crippen molar-refractivity contribution in [2.24, 2.45) is 0 Å². The summed E-state index contributed by atoms with van der Waals surface area (Å²) in [4.78, 5) is 11.5. The SMILES string of the molecule is COc1ccccc1C1CCN(c2nc(N)nc3c2CCNCC3)CC1. The number of para-hydroxylation sites is 1. The van der Waals surface area contributed by atoms with E-state index in [0.29, 0.717) is 11.9 Å². The molecule has 1 fully saturated rings. The maximum atomic E-state index is 6.01. The lowest BCUT2D eigenvalue weighted by Gasteiger charge is -2.34. The Morgan fingerprint density at radius 1 is 1.12 bits per heavy atom. The van der Waals surface area contributed by atoms with Crippen molar-refractivity contribution in [3.8, 4) is 5.75 Å². The fraction of sp³-hybridized carbons (Fsp3) is 0.500. The van der Waals surface area contributed by atoms with Crippen molar-refractivity contribution in [3.05, 3.63) is 41.1 Å². The number of hydrogen-bond donors (Lipinski definition) is 2. The zero-order valence-corrected chi connectivity index (χ0v) is 15.4. The Morgan fingerprint density at radius 3 is 2.69 bits per heavy atom. The number of methoxy groups -OCH3 is 1. The summed E-state index contributed by atoms with van der Waals surface area (Å²) in [6.45, 7) is 3.90. The van der Waals surface area contributed by atoms with Crippen LogP contribution in [0.2, 0.25) is 0 Å². The van der Waals surface area contributed by atoms with Crippen LogP contribution in [0.15, 0.2) is 24.3 Å². The molecule has 2 aliphatic heterocycles. The third-order valence-electron chi connectivity index (χ3n) is 5.55. The van der Waals surface area contributed by atoms with Crippen molar-refractivity contribution in [1.29, 1.82) is 0 Å². The van der Waals surface area contributed by atoms with Crippen LogP contribution in [0.3, 0.4) is 0 Å². The van der Waals surface area contributed by atoms with Gasteiger partial charge in [0.05, 0.1) is 12.8 Å². The summed E-state index contributed by atoms with van der Waals surface area (Å²) in [5.41, 5.74) is 9.72. The number of anilines is 2. The van der Waals surface area contributed by atoms with Gasteiger partial charge in [-0.2, -0.15) is 4.98 Å². The van der Waals surface area contributed by atoms with E-state index in [-0.39, 0.29) is 0 Å². The van der Waals surface area contributed by atoms with Crippen molar-refractivity contribution in [3.63, 3.8) is 0 Å². The molecule has 0 radical (unpaired) electrons. The van der Waals surface area contributed by atoms with E-state index < -0.39 is 0 Å². The summed E-state index contributed by atoms with van der Waals surface area (Å²) in [6.07, 6.45) is 4.08. The summed E-state index contributed by atoms with van der Waals surface area (Å²) >= 11 is 0. The number of hydrogen-bond acceptors (Lipinski definition) is 6. The molecule has 2 aliphatic rings. The Labute approximate surface area is 154 Å². The molecule has 0 unspecified atom stereocenters. The molecule has 0 bridgehead atoms. The van der Waals surface area contributed by atoms with E-state index in [9.17, 15) is 0 Å². The number of aromatic nitrogens is 2. The summed E-state index contributed by atoms with van der Waals surface area (Å²) in [6, 6.07) is 8.38. The number of nitrogens with one attached hydrogen (secondary N) is 1. The first-order chi connectivity index (χ1) is 12.8. The largest absolute Gasteiger partial charge is 0.496 e. The van der Waals surface area contributed by atoms with Crippen LogP contribution in [-0.2, 0) is 12.8 Å². The Hall–Kier alpha value is -2.34. The molecule has 6 nitrogen and oxygen atoms in total. The van der Waals surface area contributed by atoms with E-state index in [2.05, 4.69) is 38.4 Å². The van der Waals surface area contributed by atoms with Gasteiger partial charge in [0.25, 0.3) is 0 Å². The van der Waals surface area contributed by atoms with Gasteiger partial charge in [0, 0.05) is 31.6 Å². The van der Waals surface area contributed by atoms with Crippen LogP contribution in [0.5, 0.6) is 5.75 Å². The Kier molecular flexibility index (Phi) is 4.93. The lowest BCUT2D eigenvalue weighted by molar-refractivity contribution is 0.397. The normalized spacial score (nSPS) is 18.3. The van der Waals surface area contributed by atoms with Crippen LogP contribution in [0, 0.1) is 0 Å². The van der Waals surface area contributed by atoms with Crippen LogP contribution in [-0.4, -0.2) is 43.3 Å². The first kappa shape index (κ1) is 17.1. The summed E-state index contributed by atoms with van der Waals surface area (Å²) in [5, 5.41) is 3.44. The molecule has 0 amide bonds.